The molecule has 2 aromatic rings. The number of allylic oxidation sites excluding steroid dienone is 4. The van der Waals surface area contributed by atoms with Crippen molar-refractivity contribution in [3.05, 3.63) is 53.4 Å². The normalized spacial score (nSPS) is 21.8. The number of hydrogen-bond donors (Lipinski definition) is 0. The molecule has 2 heterocycles. The van der Waals surface area contributed by atoms with E-state index in [4.69, 9.17) is 0 Å². The Labute approximate surface area is 148 Å². The molecule has 0 fully saturated rings. The largest absolute Gasteiger partial charge is 0.322 e. The Morgan fingerprint density at radius 1 is 1.24 bits per heavy atom. The van der Waals surface area contributed by atoms with E-state index in [1.165, 1.54) is 5.56 Å². The zero-order valence-corrected chi connectivity index (χ0v) is 15.2. The number of nitrogens with zero attached hydrogens (tertiary/aromatic N) is 3. The highest BCUT2D eigenvalue weighted by atomic mass is 16.1. The van der Waals surface area contributed by atoms with Crippen molar-refractivity contribution in [3.63, 3.8) is 0 Å². The monoisotopic (exact) mass is 335 g/mol. The summed E-state index contributed by atoms with van der Waals surface area (Å²) in [6, 6.07) is 4.24. The molecule has 2 aliphatic rings. The van der Waals surface area contributed by atoms with E-state index in [-0.39, 0.29) is 17.7 Å². The van der Waals surface area contributed by atoms with Crippen LogP contribution in [0.2, 0.25) is 0 Å². The number of carbonyl (C=O) groups excluding carboxylic acids is 1. The summed E-state index contributed by atoms with van der Waals surface area (Å²) >= 11 is 0. The second-order valence-electron chi connectivity index (χ2n) is 7.53. The van der Waals surface area contributed by atoms with Crippen LogP contribution >= 0.6 is 0 Å². The van der Waals surface area contributed by atoms with Crippen LogP contribution in [-0.4, -0.2) is 40.9 Å². The number of rotatable bonds is 5. The first-order valence-electron chi connectivity index (χ1n) is 9.10. The highest BCUT2D eigenvalue weighted by molar-refractivity contribution is 6.11. The smallest absolute Gasteiger partial charge is 0.174 e. The molecule has 1 aliphatic carbocycles. The van der Waals surface area contributed by atoms with Crippen molar-refractivity contribution in [1.29, 1.82) is 0 Å². The summed E-state index contributed by atoms with van der Waals surface area (Å²) in [5, 5.41) is 0. The Kier molecular flexibility index (Phi) is 4.08. The number of unbranched alkanes of at least 4 members (excludes halogenated alkanes) is 1. The first-order chi connectivity index (χ1) is 12.1. The molecule has 0 saturated carbocycles. The van der Waals surface area contributed by atoms with Crippen molar-refractivity contribution >= 4 is 16.8 Å². The maximum Gasteiger partial charge on any atom is 0.174 e. The molecule has 1 aliphatic heterocycles. The Bertz CT molecular complexity index is 888. The van der Waals surface area contributed by atoms with Gasteiger partial charge < -0.3 is 9.47 Å². The number of benzene rings is 1. The van der Waals surface area contributed by atoms with Crippen molar-refractivity contribution < 1.29 is 4.79 Å². The lowest BCUT2D eigenvalue weighted by Crippen LogP contribution is -2.31. The Balaban J connectivity index is 1.73. The molecule has 4 heteroatoms. The van der Waals surface area contributed by atoms with Gasteiger partial charge in [0.25, 0.3) is 0 Å². The molecule has 0 saturated heterocycles. The quantitative estimate of drug-likeness (QED) is 0.780. The standard InChI is InChI=1S/C21H25N3O/c1-14-7-10-18-16(12-14)21(25)19-15(6-4-5-11-23(2)3)8-9-17-20(19)24(18)13-22-17/h7-10,12-13,16,18H,4-6,11H2,1-3H3. The fraction of sp³-hybridized carbons (Fsp3) is 0.429. The molecule has 0 spiro atoms. The maximum atomic E-state index is 13.3. The van der Waals surface area contributed by atoms with Gasteiger partial charge in [-0.25, -0.2) is 4.98 Å². The second-order valence-corrected chi connectivity index (χ2v) is 7.53. The molecule has 4 nitrogen and oxygen atoms in total. The third-order valence-corrected chi connectivity index (χ3v) is 5.36. The van der Waals surface area contributed by atoms with E-state index < -0.39 is 0 Å². The van der Waals surface area contributed by atoms with Crippen LogP contribution in [0, 0.1) is 5.92 Å². The van der Waals surface area contributed by atoms with E-state index >= 15 is 0 Å². The molecular formula is C21H25N3O. The molecule has 25 heavy (non-hydrogen) atoms. The summed E-state index contributed by atoms with van der Waals surface area (Å²) in [6.07, 6.45) is 11.5. The number of Topliss-reactive ketones (excluding diaryl/α,β-unsaturated/α-hetero) is 1. The summed E-state index contributed by atoms with van der Waals surface area (Å²) in [6.45, 7) is 3.15. The van der Waals surface area contributed by atoms with Crippen molar-refractivity contribution in [1.82, 2.24) is 14.5 Å². The van der Waals surface area contributed by atoms with E-state index in [1.54, 1.807) is 0 Å². The maximum absolute atomic E-state index is 13.3. The summed E-state index contributed by atoms with van der Waals surface area (Å²) in [5.74, 6) is 0.160. The van der Waals surface area contributed by atoms with Crippen LogP contribution in [0.4, 0.5) is 0 Å². The first kappa shape index (κ1) is 16.3. The lowest BCUT2D eigenvalue weighted by Gasteiger charge is -2.32. The van der Waals surface area contributed by atoms with E-state index in [9.17, 15) is 4.79 Å². The van der Waals surface area contributed by atoms with Gasteiger partial charge in [0, 0.05) is 5.56 Å². The van der Waals surface area contributed by atoms with Gasteiger partial charge in [-0.1, -0.05) is 29.9 Å². The Morgan fingerprint density at radius 2 is 2.08 bits per heavy atom. The second kappa shape index (κ2) is 6.26. The van der Waals surface area contributed by atoms with Crippen molar-refractivity contribution in [2.24, 2.45) is 5.92 Å². The zero-order valence-electron chi connectivity index (χ0n) is 15.2. The third-order valence-electron chi connectivity index (χ3n) is 5.36. The third kappa shape index (κ3) is 2.74. The molecule has 1 aromatic heterocycles. The molecule has 0 amide bonds. The van der Waals surface area contributed by atoms with Crippen LogP contribution < -0.4 is 0 Å². The molecule has 1 aromatic carbocycles. The lowest BCUT2D eigenvalue weighted by molar-refractivity contribution is 0.0915. The minimum atomic E-state index is -0.0992. The van der Waals surface area contributed by atoms with Crippen LogP contribution in [0.5, 0.6) is 0 Å². The van der Waals surface area contributed by atoms with Gasteiger partial charge in [-0.2, -0.15) is 0 Å². The topological polar surface area (TPSA) is 38.1 Å². The number of fused-ring (bicyclic) bond motifs is 2. The van der Waals surface area contributed by atoms with E-state index in [2.05, 4.69) is 65.8 Å². The minimum Gasteiger partial charge on any atom is -0.322 e. The van der Waals surface area contributed by atoms with Crippen LogP contribution in [-0.2, 0) is 6.42 Å². The summed E-state index contributed by atoms with van der Waals surface area (Å²) in [5.41, 5.74) is 5.20. The highest BCUT2D eigenvalue weighted by Gasteiger charge is 2.37. The predicted octanol–water partition coefficient (Wildman–Crippen LogP) is 3.79. The number of carbonyl (C=O) groups is 1. The fourth-order valence-electron chi connectivity index (χ4n) is 4.09. The van der Waals surface area contributed by atoms with Crippen molar-refractivity contribution in [2.75, 3.05) is 20.6 Å². The number of aryl methyl sites for hydroxylation is 1. The predicted molar refractivity (Wildman–Crippen MR) is 101 cm³/mol. The van der Waals surface area contributed by atoms with E-state index in [0.717, 1.165) is 48.0 Å². The molecule has 2 atom stereocenters. The molecule has 2 unspecified atom stereocenters. The van der Waals surface area contributed by atoms with Gasteiger partial charge >= 0.3 is 0 Å². The van der Waals surface area contributed by atoms with Gasteiger partial charge in [0.1, 0.15) is 0 Å². The van der Waals surface area contributed by atoms with Crippen molar-refractivity contribution in [2.45, 2.75) is 32.2 Å². The summed E-state index contributed by atoms with van der Waals surface area (Å²) < 4.78 is 2.19. The molecule has 0 radical (unpaired) electrons. The summed E-state index contributed by atoms with van der Waals surface area (Å²) in [4.78, 5) is 20.1. The van der Waals surface area contributed by atoms with Gasteiger partial charge in [-0.15, -0.1) is 0 Å². The number of hydrogen-bond acceptors (Lipinski definition) is 3. The van der Waals surface area contributed by atoms with E-state index in [0.29, 0.717) is 0 Å². The first-order valence-corrected chi connectivity index (χ1v) is 9.10. The van der Waals surface area contributed by atoms with Gasteiger partial charge in [0.15, 0.2) is 5.78 Å². The van der Waals surface area contributed by atoms with Crippen LogP contribution in [0.3, 0.4) is 0 Å². The average Bonchev–Trinajstić information content (AvgIpc) is 3.01. The van der Waals surface area contributed by atoms with Crippen LogP contribution in [0.15, 0.2) is 42.3 Å². The Morgan fingerprint density at radius 3 is 2.88 bits per heavy atom. The van der Waals surface area contributed by atoms with Gasteiger partial charge in [0.05, 0.1) is 29.3 Å². The zero-order chi connectivity index (χ0) is 17.6. The van der Waals surface area contributed by atoms with Crippen molar-refractivity contribution in [3.8, 4) is 0 Å². The number of imidazole rings is 1. The average molecular weight is 335 g/mol. The molecule has 0 bridgehead atoms. The van der Waals surface area contributed by atoms with Gasteiger partial charge in [-0.3, -0.25) is 4.79 Å². The Hall–Kier alpha value is -2.20. The highest BCUT2D eigenvalue weighted by Crippen LogP contribution is 2.40. The van der Waals surface area contributed by atoms with Crippen LogP contribution in [0.1, 0.15) is 41.7 Å². The molecular weight excluding hydrogens is 310 g/mol. The SMILES string of the molecule is CC1=CC2C(=O)c3c(CCCCN(C)C)ccc4ncn(c34)C2C=C1. The summed E-state index contributed by atoms with van der Waals surface area (Å²) in [7, 11) is 4.20. The van der Waals surface area contributed by atoms with Gasteiger partial charge in [-0.05, 0) is 58.5 Å². The lowest BCUT2D eigenvalue weighted by atomic mass is 9.80. The number of ketones is 1. The fourth-order valence-corrected chi connectivity index (χ4v) is 4.09. The van der Waals surface area contributed by atoms with Gasteiger partial charge in [0.2, 0.25) is 0 Å². The molecule has 0 N–H and O–H groups in total. The van der Waals surface area contributed by atoms with E-state index in [1.807, 2.05) is 6.33 Å². The van der Waals surface area contributed by atoms with Crippen LogP contribution in [0.25, 0.3) is 11.0 Å². The number of aromatic nitrogens is 2. The molecule has 130 valence electrons. The minimum absolute atomic E-state index is 0.0673. The molecule has 4 rings (SSSR count).